The molecule has 4 heteroatoms. The number of aromatic nitrogens is 1. The van der Waals surface area contributed by atoms with Gasteiger partial charge in [-0.1, -0.05) is 6.07 Å². The number of nitrogens with zero attached hydrogens (tertiary/aromatic N) is 3. The van der Waals surface area contributed by atoms with Crippen molar-refractivity contribution in [2.24, 2.45) is 5.92 Å². The van der Waals surface area contributed by atoms with Gasteiger partial charge in [0.1, 0.15) is 0 Å². The summed E-state index contributed by atoms with van der Waals surface area (Å²) in [5.74, 6) is 0.866. The molecule has 0 bridgehead atoms. The summed E-state index contributed by atoms with van der Waals surface area (Å²) >= 11 is 0. The van der Waals surface area contributed by atoms with Gasteiger partial charge in [-0.25, -0.2) is 0 Å². The van der Waals surface area contributed by atoms with E-state index >= 15 is 0 Å². The minimum Gasteiger partial charge on any atom is -0.341 e. The van der Waals surface area contributed by atoms with Gasteiger partial charge in [0.2, 0.25) is 5.91 Å². The number of aryl methyl sites for hydroxylation is 1. The number of rotatable bonds is 2. The highest BCUT2D eigenvalue weighted by molar-refractivity contribution is 5.73. The zero-order chi connectivity index (χ0) is 14.1. The van der Waals surface area contributed by atoms with E-state index in [0.29, 0.717) is 12.0 Å². The van der Waals surface area contributed by atoms with Crippen LogP contribution >= 0.6 is 0 Å². The van der Waals surface area contributed by atoms with Gasteiger partial charge in [-0.2, -0.15) is 0 Å². The van der Waals surface area contributed by atoms with Gasteiger partial charge in [0, 0.05) is 38.3 Å². The molecule has 1 aromatic rings. The van der Waals surface area contributed by atoms with Crippen LogP contribution in [0.1, 0.15) is 31.2 Å². The van der Waals surface area contributed by atoms with Gasteiger partial charge in [-0.3, -0.25) is 14.7 Å². The van der Waals surface area contributed by atoms with E-state index in [1.807, 2.05) is 17.9 Å². The third-order valence-corrected chi connectivity index (χ3v) is 4.65. The van der Waals surface area contributed by atoms with Crippen LogP contribution in [0.2, 0.25) is 0 Å². The first kappa shape index (κ1) is 13.6. The quantitative estimate of drug-likeness (QED) is 0.825. The number of carbonyl (C=O) groups is 1. The number of fused-ring (bicyclic) bond motifs is 1. The lowest BCUT2D eigenvalue weighted by Crippen LogP contribution is -2.44. The van der Waals surface area contributed by atoms with Crippen molar-refractivity contribution in [3.05, 3.63) is 29.6 Å². The second-order valence-corrected chi connectivity index (χ2v) is 6.13. The highest BCUT2D eigenvalue weighted by Crippen LogP contribution is 2.31. The maximum atomic E-state index is 11.6. The SMILES string of the molecule is CC(=O)N1C[C@H]2CCCN(Cc3cccc(C)n3)[C@H]2C1. The molecular weight excluding hydrogens is 250 g/mol. The van der Waals surface area contributed by atoms with Crippen molar-refractivity contribution in [1.82, 2.24) is 14.8 Å². The van der Waals surface area contributed by atoms with Crippen LogP contribution in [0.15, 0.2) is 18.2 Å². The number of piperidine rings is 1. The summed E-state index contributed by atoms with van der Waals surface area (Å²) in [7, 11) is 0. The molecular formula is C16H23N3O. The van der Waals surface area contributed by atoms with E-state index in [0.717, 1.165) is 37.6 Å². The molecule has 0 spiro atoms. The standard InChI is InChI=1S/C16H23N3O/c1-12-5-3-7-15(17-12)10-18-8-4-6-14-9-19(13(2)20)11-16(14)18/h3,5,7,14,16H,4,6,8-11H2,1-2H3/t14-,16+/m1/s1. The molecule has 0 unspecified atom stereocenters. The zero-order valence-corrected chi connectivity index (χ0v) is 12.4. The van der Waals surface area contributed by atoms with E-state index in [2.05, 4.69) is 22.0 Å². The Kier molecular flexibility index (Phi) is 3.74. The van der Waals surface area contributed by atoms with Crippen LogP contribution in [0.25, 0.3) is 0 Å². The van der Waals surface area contributed by atoms with Gasteiger partial charge in [-0.05, 0) is 44.4 Å². The molecule has 108 valence electrons. The molecule has 1 amide bonds. The summed E-state index contributed by atoms with van der Waals surface area (Å²) in [4.78, 5) is 20.7. The predicted molar refractivity (Wildman–Crippen MR) is 78.2 cm³/mol. The number of pyridine rings is 1. The number of hydrogen-bond donors (Lipinski definition) is 0. The average Bonchev–Trinajstić information content (AvgIpc) is 2.84. The van der Waals surface area contributed by atoms with Crippen LogP contribution in [-0.4, -0.2) is 46.4 Å². The molecule has 2 atom stereocenters. The van der Waals surface area contributed by atoms with Gasteiger partial charge in [-0.15, -0.1) is 0 Å². The minimum absolute atomic E-state index is 0.216. The van der Waals surface area contributed by atoms with E-state index < -0.39 is 0 Å². The van der Waals surface area contributed by atoms with Crippen molar-refractivity contribution in [3.63, 3.8) is 0 Å². The topological polar surface area (TPSA) is 36.4 Å². The summed E-state index contributed by atoms with van der Waals surface area (Å²) in [5, 5.41) is 0. The fraction of sp³-hybridized carbons (Fsp3) is 0.625. The Labute approximate surface area is 120 Å². The van der Waals surface area contributed by atoms with Crippen LogP contribution in [0.4, 0.5) is 0 Å². The molecule has 3 heterocycles. The fourth-order valence-corrected chi connectivity index (χ4v) is 3.62. The van der Waals surface area contributed by atoms with Gasteiger partial charge in [0.15, 0.2) is 0 Å². The fourth-order valence-electron chi connectivity index (χ4n) is 3.62. The molecule has 0 saturated carbocycles. The molecule has 1 aromatic heterocycles. The smallest absolute Gasteiger partial charge is 0.219 e. The molecule has 0 aromatic carbocycles. The monoisotopic (exact) mass is 273 g/mol. The summed E-state index contributed by atoms with van der Waals surface area (Å²) in [6.45, 7) is 7.60. The Bertz CT molecular complexity index is 502. The molecule has 2 saturated heterocycles. The number of carbonyl (C=O) groups excluding carboxylic acids is 1. The van der Waals surface area contributed by atoms with Crippen LogP contribution in [0, 0.1) is 12.8 Å². The van der Waals surface area contributed by atoms with Crippen LogP contribution < -0.4 is 0 Å². The summed E-state index contributed by atoms with van der Waals surface area (Å²) in [6.07, 6.45) is 2.49. The Hall–Kier alpha value is -1.42. The van der Waals surface area contributed by atoms with E-state index in [-0.39, 0.29) is 5.91 Å². The van der Waals surface area contributed by atoms with Gasteiger partial charge in [0.25, 0.3) is 0 Å². The Morgan fingerprint density at radius 1 is 1.40 bits per heavy atom. The van der Waals surface area contributed by atoms with Crippen molar-refractivity contribution in [1.29, 1.82) is 0 Å². The average molecular weight is 273 g/mol. The Morgan fingerprint density at radius 2 is 2.25 bits per heavy atom. The van der Waals surface area contributed by atoms with Crippen LogP contribution in [0.3, 0.4) is 0 Å². The third-order valence-electron chi connectivity index (χ3n) is 4.65. The maximum absolute atomic E-state index is 11.6. The highest BCUT2D eigenvalue weighted by atomic mass is 16.2. The zero-order valence-electron chi connectivity index (χ0n) is 12.4. The second-order valence-electron chi connectivity index (χ2n) is 6.13. The Morgan fingerprint density at radius 3 is 3.00 bits per heavy atom. The highest BCUT2D eigenvalue weighted by Gasteiger charge is 2.39. The van der Waals surface area contributed by atoms with Gasteiger partial charge >= 0.3 is 0 Å². The lowest BCUT2D eigenvalue weighted by molar-refractivity contribution is -0.128. The molecule has 0 aliphatic carbocycles. The molecule has 2 aliphatic heterocycles. The largest absolute Gasteiger partial charge is 0.341 e. The summed E-state index contributed by atoms with van der Waals surface area (Å²) in [5.41, 5.74) is 2.22. The number of amides is 1. The van der Waals surface area contributed by atoms with Crippen molar-refractivity contribution >= 4 is 5.91 Å². The Balaban J connectivity index is 1.71. The van der Waals surface area contributed by atoms with Gasteiger partial charge in [0.05, 0.1) is 5.69 Å². The maximum Gasteiger partial charge on any atom is 0.219 e. The first-order valence-corrected chi connectivity index (χ1v) is 7.55. The van der Waals surface area contributed by atoms with Crippen molar-refractivity contribution in [2.45, 2.75) is 39.3 Å². The molecule has 2 aliphatic rings. The minimum atomic E-state index is 0.216. The first-order valence-electron chi connectivity index (χ1n) is 7.55. The van der Waals surface area contributed by atoms with E-state index in [9.17, 15) is 4.79 Å². The molecule has 2 fully saturated rings. The van der Waals surface area contributed by atoms with Crippen molar-refractivity contribution < 1.29 is 4.79 Å². The number of hydrogen-bond acceptors (Lipinski definition) is 3. The molecule has 4 nitrogen and oxygen atoms in total. The molecule has 20 heavy (non-hydrogen) atoms. The summed E-state index contributed by atoms with van der Waals surface area (Å²) in [6, 6.07) is 6.74. The first-order chi connectivity index (χ1) is 9.63. The van der Waals surface area contributed by atoms with Crippen LogP contribution in [-0.2, 0) is 11.3 Å². The van der Waals surface area contributed by atoms with Crippen molar-refractivity contribution in [3.8, 4) is 0 Å². The number of likely N-dealkylation sites (tertiary alicyclic amines) is 2. The molecule has 3 rings (SSSR count). The lowest BCUT2D eigenvalue weighted by Gasteiger charge is -2.36. The second kappa shape index (κ2) is 5.52. The van der Waals surface area contributed by atoms with E-state index in [1.54, 1.807) is 6.92 Å². The molecule has 0 radical (unpaired) electrons. The van der Waals surface area contributed by atoms with E-state index in [4.69, 9.17) is 0 Å². The molecule has 0 N–H and O–H groups in total. The normalized spacial score (nSPS) is 26.6. The van der Waals surface area contributed by atoms with Gasteiger partial charge < -0.3 is 4.90 Å². The summed E-state index contributed by atoms with van der Waals surface area (Å²) < 4.78 is 0. The predicted octanol–water partition coefficient (Wildman–Crippen LogP) is 1.83. The van der Waals surface area contributed by atoms with E-state index in [1.165, 1.54) is 12.8 Å². The third kappa shape index (κ3) is 2.70. The van der Waals surface area contributed by atoms with Crippen LogP contribution in [0.5, 0.6) is 0 Å². The van der Waals surface area contributed by atoms with Crippen molar-refractivity contribution in [2.75, 3.05) is 19.6 Å². The lowest BCUT2D eigenvalue weighted by atomic mass is 9.92.